The molecule has 2 aromatic heterocycles. The predicted octanol–water partition coefficient (Wildman–Crippen LogP) is 2.64. The first-order valence-electron chi connectivity index (χ1n) is 7.32. The van der Waals surface area contributed by atoms with Crippen LogP contribution in [0, 0.1) is 0 Å². The lowest BCUT2D eigenvalue weighted by atomic mass is 9.96. The second kappa shape index (κ2) is 6.78. The summed E-state index contributed by atoms with van der Waals surface area (Å²) in [5, 5.41) is 4.09. The summed E-state index contributed by atoms with van der Waals surface area (Å²) in [6.07, 6.45) is 3.29. The Labute approximate surface area is 124 Å². The van der Waals surface area contributed by atoms with Gasteiger partial charge in [0, 0.05) is 19.3 Å². The predicted molar refractivity (Wildman–Crippen MR) is 79.3 cm³/mol. The molecule has 6 nitrogen and oxygen atoms in total. The minimum absolute atomic E-state index is 0.402. The molecule has 2 rings (SSSR count). The van der Waals surface area contributed by atoms with Gasteiger partial charge >= 0.3 is 0 Å². The van der Waals surface area contributed by atoms with Crippen LogP contribution >= 0.6 is 0 Å². The first kappa shape index (κ1) is 15.6. The van der Waals surface area contributed by atoms with E-state index in [0.29, 0.717) is 30.6 Å². The highest BCUT2D eigenvalue weighted by Crippen LogP contribution is 2.32. The molecule has 0 unspecified atom stereocenters. The Balaban J connectivity index is 2.31. The van der Waals surface area contributed by atoms with Crippen molar-refractivity contribution in [1.82, 2.24) is 15.1 Å². The molecule has 0 saturated carbocycles. The SMILES string of the molecule is CCOC(CC)(CC)c1noc(-c2ccc(CN)cn2)n1. The number of ether oxygens (including phenoxy) is 1. The zero-order chi connectivity index (χ0) is 15.3. The van der Waals surface area contributed by atoms with Gasteiger partial charge in [-0.1, -0.05) is 25.1 Å². The van der Waals surface area contributed by atoms with E-state index in [1.165, 1.54) is 0 Å². The van der Waals surface area contributed by atoms with Gasteiger partial charge in [-0.3, -0.25) is 4.98 Å². The summed E-state index contributed by atoms with van der Waals surface area (Å²) >= 11 is 0. The van der Waals surface area contributed by atoms with Crippen LogP contribution < -0.4 is 5.73 Å². The largest absolute Gasteiger partial charge is 0.367 e. The molecule has 0 bridgehead atoms. The Kier molecular flexibility index (Phi) is 5.03. The van der Waals surface area contributed by atoms with Crippen LogP contribution in [0.3, 0.4) is 0 Å². The van der Waals surface area contributed by atoms with Gasteiger partial charge in [0.2, 0.25) is 5.82 Å². The van der Waals surface area contributed by atoms with E-state index in [1.807, 2.05) is 19.1 Å². The zero-order valence-corrected chi connectivity index (χ0v) is 12.8. The lowest BCUT2D eigenvalue weighted by molar-refractivity contribution is -0.0583. The van der Waals surface area contributed by atoms with Crippen molar-refractivity contribution >= 4 is 0 Å². The molecule has 0 aliphatic carbocycles. The zero-order valence-electron chi connectivity index (χ0n) is 12.8. The van der Waals surface area contributed by atoms with Crippen LogP contribution in [0.15, 0.2) is 22.9 Å². The lowest BCUT2D eigenvalue weighted by Crippen LogP contribution is -2.29. The molecule has 2 aromatic rings. The van der Waals surface area contributed by atoms with Crippen LogP contribution in [0.5, 0.6) is 0 Å². The first-order valence-corrected chi connectivity index (χ1v) is 7.32. The van der Waals surface area contributed by atoms with Crippen LogP contribution in [0.4, 0.5) is 0 Å². The molecule has 0 aliphatic heterocycles. The van der Waals surface area contributed by atoms with Crippen LogP contribution in [-0.4, -0.2) is 21.7 Å². The van der Waals surface area contributed by atoms with Crippen molar-refractivity contribution in [3.8, 4) is 11.6 Å². The van der Waals surface area contributed by atoms with Crippen molar-refractivity contribution in [2.45, 2.75) is 45.8 Å². The minimum atomic E-state index is -0.492. The van der Waals surface area contributed by atoms with E-state index in [0.717, 1.165) is 18.4 Å². The van der Waals surface area contributed by atoms with Gasteiger partial charge < -0.3 is 15.0 Å². The number of hydrogen-bond donors (Lipinski definition) is 1. The van der Waals surface area contributed by atoms with Crippen molar-refractivity contribution in [2.75, 3.05) is 6.61 Å². The average molecular weight is 290 g/mol. The summed E-state index contributed by atoms with van der Waals surface area (Å²) in [6.45, 7) is 7.15. The molecule has 2 N–H and O–H groups in total. The standard InChI is InChI=1S/C15H22N4O2/c1-4-15(5-2,20-6-3)14-18-13(21-19-14)12-8-7-11(9-16)10-17-12/h7-8,10H,4-6,9,16H2,1-3H3. The van der Waals surface area contributed by atoms with Crippen LogP contribution in [0.2, 0.25) is 0 Å². The Morgan fingerprint density at radius 3 is 2.52 bits per heavy atom. The quantitative estimate of drug-likeness (QED) is 0.843. The van der Waals surface area contributed by atoms with Crippen molar-refractivity contribution in [3.05, 3.63) is 29.7 Å². The van der Waals surface area contributed by atoms with Crippen LogP contribution in [0.25, 0.3) is 11.6 Å². The molecular formula is C15H22N4O2. The Bertz CT molecular complexity index is 561. The molecule has 0 atom stereocenters. The van der Waals surface area contributed by atoms with Crippen molar-refractivity contribution in [3.63, 3.8) is 0 Å². The average Bonchev–Trinajstić information content (AvgIpc) is 3.03. The van der Waals surface area contributed by atoms with Gasteiger partial charge in [-0.25, -0.2) is 0 Å². The van der Waals surface area contributed by atoms with Gasteiger partial charge in [0.25, 0.3) is 5.89 Å². The van der Waals surface area contributed by atoms with E-state index in [2.05, 4.69) is 29.0 Å². The lowest BCUT2D eigenvalue weighted by Gasteiger charge is -2.27. The highest BCUT2D eigenvalue weighted by Gasteiger charge is 2.34. The summed E-state index contributed by atoms with van der Waals surface area (Å²) in [5.41, 5.74) is 6.67. The molecule has 0 aromatic carbocycles. The molecule has 21 heavy (non-hydrogen) atoms. The minimum Gasteiger partial charge on any atom is -0.367 e. The number of nitrogens with zero attached hydrogens (tertiary/aromatic N) is 3. The maximum atomic E-state index is 5.88. The molecule has 6 heteroatoms. The van der Waals surface area contributed by atoms with Gasteiger partial charge in [-0.2, -0.15) is 4.98 Å². The van der Waals surface area contributed by atoms with Gasteiger partial charge in [-0.05, 0) is 31.4 Å². The maximum Gasteiger partial charge on any atom is 0.276 e. The van der Waals surface area contributed by atoms with Crippen LogP contribution in [0.1, 0.15) is 45.0 Å². The molecular weight excluding hydrogens is 268 g/mol. The third-order valence-electron chi connectivity index (χ3n) is 3.68. The van der Waals surface area contributed by atoms with E-state index in [9.17, 15) is 0 Å². The van der Waals surface area contributed by atoms with Gasteiger partial charge in [0.05, 0.1) is 0 Å². The highest BCUT2D eigenvalue weighted by atomic mass is 16.5. The fourth-order valence-electron chi connectivity index (χ4n) is 2.30. The van der Waals surface area contributed by atoms with Crippen molar-refractivity contribution < 1.29 is 9.26 Å². The highest BCUT2D eigenvalue weighted by molar-refractivity contribution is 5.46. The monoisotopic (exact) mass is 290 g/mol. The maximum absolute atomic E-state index is 5.88. The first-order chi connectivity index (χ1) is 10.2. The second-order valence-corrected chi connectivity index (χ2v) is 4.81. The van der Waals surface area contributed by atoms with E-state index in [4.69, 9.17) is 15.0 Å². The van der Waals surface area contributed by atoms with Crippen LogP contribution in [-0.2, 0) is 16.9 Å². The Hall–Kier alpha value is -1.79. The topological polar surface area (TPSA) is 87.1 Å². The fraction of sp³-hybridized carbons (Fsp3) is 0.533. The van der Waals surface area contributed by atoms with Crippen molar-refractivity contribution in [2.24, 2.45) is 5.73 Å². The normalized spacial score (nSPS) is 11.8. The number of aromatic nitrogens is 3. The number of nitrogens with two attached hydrogens (primary N) is 1. The van der Waals surface area contributed by atoms with Gasteiger partial charge in [0.15, 0.2) is 0 Å². The third kappa shape index (κ3) is 3.11. The number of pyridine rings is 1. The molecule has 114 valence electrons. The molecule has 0 radical (unpaired) electrons. The summed E-state index contributed by atoms with van der Waals surface area (Å²) in [4.78, 5) is 8.77. The second-order valence-electron chi connectivity index (χ2n) is 4.81. The van der Waals surface area contributed by atoms with Gasteiger partial charge in [0.1, 0.15) is 11.3 Å². The van der Waals surface area contributed by atoms with E-state index in [-0.39, 0.29) is 0 Å². The number of rotatable bonds is 7. The molecule has 0 amide bonds. The summed E-state index contributed by atoms with van der Waals surface area (Å²) in [7, 11) is 0. The molecule has 0 fully saturated rings. The Morgan fingerprint density at radius 1 is 1.24 bits per heavy atom. The summed E-state index contributed by atoms with van der Waals surface area (Å²) in [5.74, 6) is 0.980. The van der Waals surface area contributed by atoms with Crippen molar-refractivity contribution in [1.29, 1.82) is 0 Å². The molecule has 2 heterocycles. The summed E-state index contributed by atoms with van der Waals surface area (Å²) in [6, 6.07) is 3.74. The van der Waals surface area contributed by atoms with E-state index >= 15 is 0 Å². The molecule has 0 spiro atoms. The van der Waals surface area contributed by atoms with Gasteiger partial charge in [-0.15, -0.1) is 0 Å². The molecule has 0 saturated heterocycles. The fourth-order valence-corrected chi connectivity index (χ4v) is 2.30. The molecule has 0 aliphatic rings. The third-order valence-corrected chi connectivity index (χ3v) is 3.68. The Morgan fingerprint density at radius 2 is 2.00 bits per heavy atom. The number of hydrogen-bond acceptors (Lipinski definition) is 6. The van der Waals surface area contributed by atoms with E-state index in [1.54, 1.807) is 6.20 Å². The summed E-state index contributed by atoms with van der Waals surface area (Å²) < 4.78 is 11.2. The smallest absolute Gasteiger partial charge is 0.276 e. The van der Waals surface area contributed by atoms with E-state index < -0.39 is 5.60 Å².